The molecule has 1 aromatic carbocycles. The van der Waals surface area contributed by atoms with Gasteiger partial charge in [-0.1, -0.05) is 12.1 Å². The Bertz CT molecular complexity index is 686. The number of carbonyl (C=O) groups excluding carboxylic acids is 2. The molecule has 2 rings (SSSR count). The van der Waals surface area contributed by atoms with Crippen molar-refractivity contribution in [1.82, 2.24) is 0 Å². The Hall–Kier alpha value is -2.65. The van der Waals surface area contributed by atoms with E-state index in [1.54, 1.807) is 37.3 Å². The summed E-state index contributed by atoms with van der Waals surface area (Å²) in [6, 6.07) is 8.72. The van der Waals surface area contributed by atoms with Crippen LogP contribution in [-0.2, 0) is 19.1 Å². The third-order valence-electron chi connectivity index (χ3n) is 3.54. The van der Waals surface area contributed by atoms with Crippen molar-refractivity contribution >= 4 is 11.8 Å². The van der Waals surface area contributed by atoms with Gasteiger partial charge in [-0.15, -0.1) is 0 Å². The highest BCUT2D eigenvalue weighted by molar-refractivity contribution is 5.92. The van der Waals surface area contributed by atoms with Gasteiger partial charge in [0, 0.05) is 19.3 Å². The summed E-state index contributed by atoms with van der Waals surface area (Å²) < 4.78 is 10.0. The van der Waals surface area contributed by atoms with Crippen LogP contribution in [0.5, 0.6) is 0 Å². The number of esters is 1. The van der Waals surface area contributed by atoms with Crippen LogP contribution in [0.4, 0.5) is 0 Å². The van der Waals surface area contributed by atoms with Crippen molar-refractivity contribution in [2.75, 3.05) is 6.61 Å². The Labute approximate surface area is 133 Å². The lowest BCUT2D eigenvalue weighted by molar-refractivity contribution is -0.221. The number of ketones is 1. The number of nitrogens with zero attached hydrogens (tertiary/aromatic N) is 1. The van der Waals surface area contributed by atoms with Gasteiger partial charge in [0.1, 0.15) is 0 Å². The Morgan fingerprint density at radius 2 is 2.09 bits per heavy atom. The molecule has 1 aromatic rings. The molecule has 1 aliphatic rings. The summed E-state index contributed by atoms with van der Waals surface area (Å²) in [5.41, 5.74) is 1.26. The minimum absolute atomic E-state index is 0.0749. The molecule has 0 radical (unpaired) electrons. The zero-order valence-electron chi connectivity index (χ0n) is 12.9. The van der Waals surface area contributed by atoms with Crippen molar-refractivity contribution in [2.24, 2.45) is 0 Å². The van der Waals surface area contributed by atoms with Crippen LogP contribution in [-0.4, -0.2) is 29.3 Å². The first-order valence-electron chi connectivity index (χ1n) is 7.21. The van der Waals surface area contributed by atoms with E-state index in [1.165, 1.54) is 6.92 Å². The second kappa shape index (κ2) is 6.63. The molecule has 1 aliphatic heterocycles. The normalized spacial score (nSPS) is 23.2. The maximum absolute atomic E-state index is 12.0. The number of ether oxygens (including phenoxy) is 2. The SMILES string of the molecule is CCOC(=O)C1(O)CC(c2ccc(C#N)cc2)C=C(C(C)=O)O1. The molecule has 2 unspecified atom stereocenters. The van der Waals surface area contributed by atoms with Crippen LogP contribution in [0.3, 0.4) is 0 Å². The summed E-state index contributed by atoms with van der Waals surface area (Å²) >= 11 is 0. The van der Waals surface area contributed by atoms with Gasteiger partial charge >= 0.3 is 11.8 Å². The molecule has 0 aliphatic carbocycles. The molecule has 6 heteroatoms. The van der Waals surface area contributed by atoms with E-state index in [0.29, 0.717) is 5.56 Å². The number of hydrogen-bond donors (Lipinski definition) is 1. The summed E-state index contributed by atoms with van der Waals surface area (Å²) in [5, 5.41) is 19.3. The number of aliphatic hydroxyl groups is 1. The third-order valence-corrected chi connectivity index (χ3v) is 3.54. The number of allylic oxidation sites excluding steroid dienone is 2. The average molecular weight is 315 g/mol. The summed E-state index contributed by atoms with van der Waals surface area (Å²) in [4.78, 5) is 23.6. The summed E-state index contributed by atoms with van der Waals surface area (Å²) in [6.45, 7) is 2.99. The fourth-order valence-electron chi connectivity index (χ4n) is 2.37. The van der Waals surface area contributed by atoms with Crippen molar-refractivity contribution in [2.45, 2.75) is 32.0 Å². The van der Waals surface area contributed by atoms with Crippen LogP contribution in [0.25, 0.3) is 0 Å². The molecule has 0 fully saturated rings. The van der Waals surface area contributed by atoms with Crippen molar-refractivity contribution in [3.8, 4) is 6.07 Å². The topological polar surface area (TPSA) is 96.6 Å². The lowest BCUT2D eigenvalue weighted by Crippen LogP contribution is -2.46. The zero-order chi connectivity index (χ0) is 17.0. The molecule has 0 amide bonds. The number of nitriles is 1. The summed E-state index contributed by atoms with van der Waals surface area (Å²) in [5.74, 6) is -4.02. The van der Waals surface area contributed by atoms with Gasteiger partial charge in [-0.25, -0.2) is 4.79 Å². The predicted molar refractivity (Wildman–Crippen MR) is 79.9 cm³/mol. The fourth-order valence-corrected chi connectivity index (χ4v) is 2.37. The summed E-state index contributed by atoms with van der Waals surface area (Å²) in [6.07, 6.45) is 1.49. The highest BCUT2D eigenvalue weighted by Gasteiger charge is 2.46. The van der Waals surface area contributed by atoms with Gasteiger partial charge in [-0.05, 0) is 30.7 Å². The van der Waals surface area contributed by atoms with E-state index in [-0.39, 0.29) is 18.8 Å². The van der Waals surface area contributed by atoms with Crippen LogP contribution in [0.2, 0.25) is 0 Å². The van der Waals surface area contributed by atoms with Gasteiger partial charge in [0.25, 0.3) is 0 Å². The second-order valence-electron chi connectivity index (χ2n) is 5.24. The van der Waals surface area contributed by atoms with Gasteiger partial charge in [0.2, 0.25) is 0 Å². The van der Waals surface area contributed by atoms with E-state index in [4.69, 9.17) is 14.7 Å². The van der Waals surface area contributed by atoms with E-state index in [1.807, 2.05) is 6.07 Å². The van der Waals surface area contributed by atoms with Crippen LogP contribution < -0.4 is 0 Å². The van der Waals surface area contributed by atoms with Crippen LogP contribution in [0, 0.1) is 11.3 Å². The smallest absolute Gasteiger partial charge is 0.379 e. The molecular weight excluding hydrogens is 298 g/mol. The first kappa shape index (κ1) is 16.7. The highest BCUT2D eigenvalue weighted by atomic mass is 16.7. The monoisotopic (exact) mass is 315 g/mol. The minimum Gasteiger partial charge on any atom is -0.461 e. The highest BCUT2D eigenvalue weighted by Crippen LogP contribution is 2.36. The van der Waals surface area contributed by atoms with Crippen molar-refractivity contribution in [3.63, 3.8) is 0 Å². The Morgan fingerprint density at radius 1 is 1.43 bits per heavy atom. The largest absolute Gasteiger partial charge is 0.461 e. The molecular formula is C17H17NO5. The number of carbonyl (C=O) groups is 2. The molecule has 1 heterocycles. The maximum atomic E-state index is 12.0. The second-order valence-corrected chi connectivity index (χ2v) is 5.24. The predicted octanol–water partition coefficient (Wildman–Crippen LogP) is 1.79. The van der Waals surface area contributed by atoms with Gasteiger partial charge in [-0.3, -0.25) is 4.79 Å². The molecule has 6 nitrogen and oxygen atoms in total. The van der Waals surface area contributed by atoms with Crippen LogP contribution in [0.1, 0.15) is 37.3 Å². The maximum Gasteiger partial charge on any atom is 0.379 e. The molecule has 0 bridgehead atoms. The van der Waals surface area contributed by atoms with E-state index < -0.39 is 23.5 Å². The number of benzene rings is 1. The van der Waals surface area contributed by atoms with Crippen LogP contribution >= 0.6 is 0 Å². The molecule has 0 spiro atoms. The Morgan fingerprint density at radius 3 is 2.61 bits per heavy atom. The molecule has 2 atom stereocenters. The number of rotatable bonds is 4. The lowest BCUT2D eigenvalue weighted by Gasteiger charge is -2.34. The van der Waals surface area contributed by atoms with E-state index in [2.05, 4.69) is 0 Å². The molecule has 0 saturated carbocycles. The zero-order valence-corrected chi connectivity index (χ0v) is 12.9. The summed E-state index contributed by atoms with van der Waals surface area (Å²) in [7, 11) is 0. The minimum atomic E-state index is -2.20. The van der Waals surface area contributed by atoms with Gasteiger partial charge < -0.3 is 14.6 Å². The van der Waals surface area contributed by atoms with Crippen molar-refractivity contribution < 1.29 is 24.2 Å². The third kappa shape index (κ3) is 3.58. The Balaban J connectivity index is 2.37. The van der Waals surface area contributed by atoms with Crippen molar-refractivity contribution in [1.29, 1.82) is 5.26 Å². The van der Waals surface area contributed by atoms with E-state index >= 15 is 0 Å². The Kier molecular flexibility index (Phi) is 4.82. The number of hydrogen-bond acceptors (Lipinski definition) is 6. The van der Waals surface area contributed by atoms with E-state index in [9.17, 15) is 14.7 Å². The van der Waals surface area contributed by atoms with Gasteiger partial charge in [-0.2, -0.15) is 5.26 Å². The van der Waals surface area contributed by atoms with E-state index in [0.717, 1.165) is 5.56 Å². The first-order chi connectivity index (χ1) is 10.9. The molecule has 1 N–H and O–H groups in total. The lowest BCUT2D eigenvalue weighted by atomic mass is 9.88. The standard InChI is InChI=1S/C17H17NO5/c1-3-22-16(20)17(21)9-14(8-15(23-17)11(2)19)13-6-4-12(10-18)5-7-13/h4-8,14,21H,3,9H2,1-2H3. The quantitative estimate of drug-likeness (QED) is 0.851. The molecule has 0 saturated heterocycles. The fraction of sp³-hybridized carbons (Fsp3) is 0.353. The average Bonchev–Trinajstić information content (AvgIpc) is 2.54. The van der Waals surface area contributed by atoms with Crippen molar-refractivity contribution in [3.05, 3.63) is 47.2 Å². The molecule has 120 valence electrons. The number of Topliss-reactive ketones (excluding diaryl/α,β-unsaturated/α-hetero) is 1. The molecule has 0 aromatic heterocycles. The van der Waals surface area contributed by atoms with Gasteiger partial charge in [0.15, 0.2) is 11.5 Å². The van der Waals surface area contributed by atoms with Crippen LogP contribution in [0.15, 0.2) is 36.1 Å². The first-order valence-corrected chi connectivity index (χ1v) is 7.21. The van der Waals surface area contributed by atoms with Gasteiger partial charge in [0.05, 0.1) is 18.2 Å². The molecule has 23 heavy (non-hydrogen) atoms.